The highest BCUT2D eigenvalue weighted by Crippen LogP contribution is 2.40. The van der Waals surface area contributed by atoms with Crippen LogP contribution in [-0.4, -0.2) is 60.1 Å². The third kappa shape index (κ3) is 7.43. The summed E-state index contributed by atoms with van der Waals surface area (Å²) < 4.78 is 52.5. The lowest BCUT2D eigenvalue weighted by atomic mass is 9.98. The summed E-state index contributed by atoms with van der Waals surface area (Å²) in [7, 11) is 2.98. The van der Waals surface area contributed by atoms with Crippen LogP contribution in [-0.2, 0) is 12.6 Å². The summed E-state index contributed by atoms with van der Waals surface area (Å²) in [4.78, 5) is 7.82. The number of guanidine groups is 1. The number of methoxy groups -OCH3 is 1. The summed E-state index contributed by atoms with van der Waals surface area (Å²) in [6, 6.07) is 7.09. The van der Waals surface area contributed by atoms with Gasteiger partial charge in [-0.25, -0.2) is 4.98 Å². The lowest BCUT2D eigenvalue weighted by Gasteiger charge is -2.29. The maximum absolute atomic E-state index is 13.6. The van der Waals surface area contributed by atoms with Crippen molar-refractivity contribution in [3.05, 3.63) is 42.5 Å². The van der Waals surface area contributed by atoms with Crippen molar-refractivity contribution in [1.82, 2.24) is 20.2 Å². The fourth-order valence-electron chi connectivity index (χ4n) is 2.83. The monoisotopic (exact) mass is 571 g/mol. The van der Waals surface area contributed by atoms with Crippen LogP contribution >= 0.6 is 24.0 Å². The highest BCUT2D eigenvalue weighted by atomic mass is 127. The zero-order valence-electron chi connectivity index (χ0n) is 18.1. The van der Waals surface area contributed by atoms with Crippen LogP contribution < -0.4 is 20.1 Å². The number of halogens is 4. The Balaban J connectivity index is 0.00000512. The molecule has 0 amide bonds. The number of rotatable bonds is 10. The van der Waals surface area contributed by atoms with Gasteiger partial charge in [-0.3, -0.25) is 4.99 Å². The predicted molar refractivity (Wildman–Crippen MR) is 126 cm³/mol. The van der Waals surface area contributed by atoms with Crippen LogP contribution in [0.3, 0.4) is 0 Å². The molecule has 180 valence electrons. The Morgan fingerprint density at radius 2 is 1.84 bits per heavy atom. The number of hydrogen-bond acceptors (Lipinski definition) is 5. The molecule has 8 nitrogen and oxygen atoms in total. The normalized spacial score (nSPS) is 13.7. The average molecular weight is 571 g/mol. The standard InChI is InChI=1S/C20H28F3N5O3.HI/c1-4-24-18(27-12-14-31-16-7-5-15(30-3)6-8-16)26-10-9-19(29,20(21,22)23)17-25-11-13-28(17)2;/h5-8,11,13,29H,4,9-10,12,14H2,1-3H3,(H2,24,26,27);1H. The maximum atomic E-state index is 13.6. The summed E-state index contributed by atoms with van der Waals surface area (Å²) in [5, 5.41) is 16.3. The first kappa shape index (κ1) is 27.8. The van der Waals surface area contributed by atoms with E-state index in [1.54, 1.807) is 31.4 Å². The Kier molecular flexibility index (Phi) is 11.1. The molecule has 12 heteroatoms. The minimum absolute atomic E-state index is 0. The van der Waals surface area contributed by atoms with E-state index in [0.717, 1.165) is 10.3 Å². The van der Waals surface area contributed by atoms with Gasteiger partial charge in [0.15, 0.2) is 5.96 Å². The third-order valence-corrected chi connectivity index (χ3v) is 4.47. The molecule has 3 N–H and O–H groups in total. The van der Waals surface area contributed by atoms with Gasteiger partial charge in [0.25, 0.3) is 0 Å². The van der Waals surface area contributed by atoms with Gasteiger partial charge >= 0.3 is 6.18 Å². The molecule has 2 rings (SSSR count). The highest BCUT2D eigenvalue weighted by Gasteiger charge is 2.57. The van der Waals surface area contributed by atoms with Gasteiger partial charge in [-0.2, -0.15) is 13.2 Å². The summed E-state index contributed by atoms with van der Waals surface area (Å²) in [6.07, 6.45) is -2.99. The predicted octanol–water partition coefficient (Wildman–Crippen LogP) is 2.82. The molecule has 1 aromatic carbocycles. The van der Waals surface area contributed by atoms with E-state index in [1.165, 1.54) is 19.4 Å². The smallest absolute Gasteiger partial charge is 0.424 e. The molecular weight excluding hydrogens is 542 g/mol. The second-order valence-electron chi connectivity index (χ2n) is 6.68. The van der Waals surface area contributed by atoms with Crippen LogP contribution in [0.2, 0.25) is 0 Å². The molecular formula is C20H29F3IN5O3. The van der Waals surface area contributed by atoms with Gasteiger partial charge in [-0.1, -0.05) is 0 Å². The van der Waals surface area contributed by atoms with E-state index >= 15 is 0 Å². The Labute approximate surface area is 202 Å². The molecule has 32 heavy (non-hydrogen) atoms. The fourth-order valence-corrected chi connectivity index (χ4v) is 2.83. The van der Waals surface area contributed by atoms with E-state index < -0.39 is 24.0 Å². The van der Waals surface area contributed by atoms with Gasteiger partial charge in [0.1, 0.15) is 23.9 Å². The molecule has 0 bridgehead atoms. The zero-order chi connectivity index (χ0) is 22.9. The van der Waals surface area contributed by atoms with Crippen LogP contribution in [0, 0.1) is 0 Å². The summed E-state index contributed by atoms with van der Waals surface area (Å²) in [5.41, 5.74) is -3.09. The number of ether oxygens (including phenoxy) is 2. The number of aliphatic hydroxyl groups is 1. The molecule has 0 fully saturated rings. The van der Waals surface area contributed by atoms with Crippen LogP contribution in [0.4, 0.5) is 13.2 Å². The van der Waals surface area contributed by atoms with Crippen molar-refractivity contribution in [1.29, 1.82) is 0 Å². The molecule has 0 radical (unpaired) electrons. The van der Waals surface area contributed by atoms with E-state index in [9.17, 15) is 18.3 Å². The van der Waals surface area contributed by atoms with Crippen LogP contribution in [0.15, 0.2) is 41.7 Å². The molecule has 2 aromatic rings. The minimum Gasteiger partial charge on any atom is -0.497 e. The van der Waals surface area contributed by atoms with E-state index in [1.807, 2.05) is 6.92 Å². The number of benzene rings is 1. The van der Waals surface area contributed by atoms with Crippen LogP contribution in [0.25, 0.3) is 0 Å². The number of aliphatic imine (C=N–C) groups is 1. The largest absolute Gasteiger partial charge is 0.497 e. The minimum atomic E-state index is -4.89. The number of nitrogens with zero attached hydrogens (tertiary/aromatic N) is 3. The number of imidazole rings is 1. The fraction of sp³-hybridized carbons (Fsp3) is 0.500. The Morgan fingerprint density at radius 1 is 1.19 bits per heavy atom. The maximum Gasteiger partial charge on any atom is 0.424 e. The van der Waals surface area contributed by atoms with Crippen molar-refractivity contribution in [3.63, 3.8) is 0 Å². The van der Waals surface area contributed by atoms with Crippen LogP contribution in [0.5, 0.6) is 11.5 Å². The van der Waals surface area contributed by atoms with E-state index in [-0.39, 0.29) is 30.5 Å². The summed E-state index contributed by atoms with van der Waals surface area (Å²) >= 11 is 0. The topological polar surface area (TPSA) is 92.9 Å². The number of nitrogens with one attached hydrogen (secondary N) is 2. The first-order valence-electron chi connectivity index (χ1n) is 9.77. The van der Waals surface area contributed by atoms with Gasteiger partial charge in [0, 0.05) is 39.0 Å². The molecule has 1 atom stereocenters. The molecule has 1 unspecified atom stereocenters. The van der Waals surface area contributed by atoms with E-state index in [4.69, 9.17) is 9.47 Å². The van der Waals surface area contributed by atoms with Crippen molar-refractivity contribution < 1.29 is 27.8 Å². The Bertz CT molecular complexity index is 846. The molecule has 0 aliphatic carbocycles. The zero-order valence-corrected chi connectivity index (χ0v) is 20.5. The van der Waals surface area contributed by atoms with Gasteiger partial charge in [0.05, 0.1) is 13.7 Å². The first-order valence-corrected chi connectivity index (χ1v) is 9.77. The lowest BCUT2D eigenvalue weighted by molar-refractivity contribution is -0.272. The molecule has 0 spiro atoms. The van der Waals surface area contributed by atoms with Crippen molar-refractivity contribution in [2.24, 2.45) is 12.0 Å². The number of hydrogen-bond donors (Lipinski definition) is 3. The van der Waals surface area contributed by atoms with Crippen LogP contribution in [0.1, 0.15) is 19.2 Å². The Hall–Kier alpha value is -2.22. The van der Waals surface area contributed by atoms with Crippen molar-refractivity contribution in [2.75, 3.05) is 33.4 Å². The SMILES string of the molecule is CCNC(=NCCC(O)(c1nccn1C)C(F)(F)F)NCCOc1ccc(OC)cc1.I. The Morgan fingerprint density at radius 3 is 2.38 bits per heavy atom. The lowest BCUT2D eigenvalue weighted by Crippen LogP contribution is -2.45. The number of aryl methyl sites for hydroxylation is 1. The van der Waals surface area contributed by atoms with Crippen molar-refractivity contribution in [3.8, 4) is 11.5 Å². The second-order valence-corrected chi connectivity index (χ2v) is 6.68. The van der Waals surface area contributed by atoms with Gasteiger partial charge < -0.3 is 29.8 Å². The molecule has 0 aliphatic rings. The van der Waals surface area contributed by atoms with E-state index in [2.05, 4.69) is 20.6 Å². The van der Waals surface area contributed by atoms with Crippen molar-refractivity contribution in [2.45, 2.75) is 25.1 Å². The molecule has 1 heterocycles. The van der Waals surface area contributed by atoms with Crippen molar-refractivity contribution >= 4 is 29.9 Å². The quantitative estimate of drug-likeness (QED) is 0.176. The summed E-state index contributed by atoms with van der Waals surface area (Å²) in [5.74, 6) is 1.23. The summed E-state index contributed by atoms with van der Waals surface area (Å²) in [6.45, 7) is 2.79. The van der Waals surface area contributed by atoms with Gasteiger partial charge in [-0.15, -0.1) is 24.0 Å². The molecule has 1 aromatic heterocycles. The molecule has 0 aliphatic heterocycles. The van der Waals surface area contributed by atoms with Gasteiger partial charge in [-0.05, 0) is 31.2 Å². The average Bonchev–Trinajstić information content (AvgIpc) is 3.17. The number of aromatic nitrogens is 2. The highest BCUT2D eigenvalue weighted by molar-refractivity contribution is 14.0. The first-order chi connectivity index (χ1) is 14.7. The molecule has 0 saturated heterocycles. The van der Waals surface area contributed by atoms with E-state index in [0.29, 0.717) is 31.4 Å². The van der Waals surface area contributed by atoms with Gasteiger partial charge in [0.2, 0.25) is 5.60 Å². The third-order valence-electron chi connectivity index (χ3n) is 4.47. The molecule has 0 saturated carbocycles. The number of alkyl halides is 3. The second kappa shape index (κ2) is 12.7.